The molecular weight excluding hydrogens is 366 g/mol. The minimum absolute atomic E-state index is 0.0507. The van der Waals surface area contributed by atoms with Crippen molar-refractivity contribution in [1.82, 2.24) is 20.6 Å². The molecule has 3 rings (SSSR count). The van der Waals surface area contributed by atoms with Crippen molar-refractivity contribution in [2.75, 3.05) is 12.8 Å². The smallest absolute Gasteiger partial charge is 0.273 e. The Morgan fingerprint density at radius 2 is 1.83 bits per heavy atom. The standard InChI is InChI=1S/C22H23N5O2/c1-13-6-4-9-17(14(13)2)11-26-21(28)16-8-5-7-15(10-16)18-12-25-20(23)19(27-18)22(29)24-3/h4-10,12H,11H2,1-3H3,(H2,23,25)(H,24,29)(H,26,28). The molecule has 0 spiro atoms. The molecule has 0 fully saturated rings. The molecule has 148 valence electrons. The first-order chi connectivity index (χ1) is 13.9. The molecule has 1 heterocycles. The van der Waals surface area contributed by atoms with Crippen LogP contribution in [0.25, 0.3) is 11.3 Å². The molecule has 0 atom stereocenters. The second-order valence-electron chi connectivity index (χ2n) is 6.69. The summed E-state index contributed by atoms with van der Waals surface area (Å²) in [5.41, 5.74) is 10.8. The lowest BCUT2D eigenvalue weighted by Gasteiger charge is -2.11. The number of nitrogen functional groups attached to an aromatic ring is 1. The number of benzene rings is 2. The lowest BCUT2D eigenvalue weighted by atomic mass is 10.0. The maximum atomic E-state index is 12.6. The van der Waals surface area contributed by atoms with Crippen LogP contribution in [0.4, 0.5) is 5.82 Å². The zero-order chi connectivity index (χ0) is 21.0. The van der Waals surface area contributed by atoms with Crippen molar-refractivity contribution < 1.29 is 9.59 Å². The summed E-state index contributed by atoms with van der Waals surface area (Å²) in [4.78, 5) is 32.9. The van der Waals surface area contributed by atoms with E-state index in [9.17, 15) is 9.59 Å². The molecule has 0 unspecified atom stereocenters. The Bertz CT molecular complexity index is 1080. The predicted octanol–water partition coefficient (Wildman–Crippen LogP) is 2.63. The number of nitrogens with two attached hydrogens (primary N) is 1. The van der Waals surface area contributed by atoms with Crippen LogP contribution in [0.5, 0.6) is 0 Å². The third kappa shape index (κ3) is 4.40. The summed E-state index contributed by atoms with van der Waals surface area (Å²) in [5.74, 6) is -0.558. The van der Waals surface area contributed by atoms with Gasteiger partial charge in [0, 0.05) is 24.7 Å². The molecule has 0 aliphatic heterocycles. The fourth-order valence-corrected chi connectivity index (χ4v) is 2.92. The minimum atomic E-state index is -0.417. The Kier molecular flexibility index (Phi) is 5.87. The van der Waals surface area contributed by atoms with Crippen molar-refractivity contribution in [3.05, 3.63) is 76.6 Å². The number of aromatic nitrogens is 2. The van der Waals surface area contributed by atoms with E-state index in [-0.39, 0.29) is 17.4 Å². The lowest BCUT2D eigenvalue weighted by Crippen LogP contribution is -2.23. The van der Waals surface area contributed by atoms with Crippen molar-refractivity contribution in [1.29, 1.82) is 0 Å². The molecule has 0 radical (unpaired) electrons. The fourth-order valence-electron chi connectivity index (χ4n) is 2.92. The van der Waals surface area contributed by atoms with E-state index in [1.165, 1.54) is 24.4 Å². The van der Waals surface area contributed by atoms with Gasteiger partial charge >= 0.3 is 0 Å². The number of hydrogen-bond acceptors (Lipinski definition) is 5. The van der Waals surface area contributed by atoms with Crippen LogP contribution in [0, 0.1) is 13.8 Å². The number of nitrogens with one attached hydrogen (secondary N) is 2. The Hall–Kier alpha value is -3.74. The first-order valence-electron chi connectivity index (χ1n) is 9.19. The number of amides is 2. The summed E-state index contributed by atoms with van der Waals surface area (Å²) in [6, 6.07) is 13.0. The van der Waals surface area contributed by atoms with E-state index in [4.69, 9.17) is 5.73 Å². The molecule has 0 saturated carbocycles. The summed E-state index contributed by atoms with van der Waals surface area (Å²) in [6.45, 7) is 4.53. The second-order valence-corrected chi connectivity index (χ2v) is 6.69. The van der Waals surface area contributed by atoms with Gasteiger partial charge in [0.15, 0.2) is 11.5 Å². The molecule has 4 N–H and O–H groups in total. The molecule has 29 heavy (non-hydrogen) atoms. The van der Waals surface area contributed by atoms with Crippen LogP contribution >= 0.6 is 0 Å². The fraction of sp³-hybridized carbons (Fsp3) is 0.182. The molecule has 2 aromatic carbocycles. The van der Waals surface area contributed by atoms with Crippen LogP contribution in [0.1, 0.15) is 37.5 Å². The van der Waals surface area contributed by atoms with Crippen LogP contribution in [-0.4, -0.2) is 28.8 Å². The lowest BCUT2D eigenvalue weighted by molar-refractivity contribution is 0.0945. The molecule has 3 aromatic rings. The van der Waals surface area contributed by atoms with E-state index in [0.717, 1.165) is 5.56 Å². The summed E-state index contributed by atoms with van der Waals surface area (Å²) in [6.07, 6.45) is 1.48. The molecule has 0 bridgehead atoms. The van der Waals surface area contributed by atoms with Gasteiger partial charge in [-0.3, -0.25) is 9.59 Å². The van der Waals surface area contributed by atoms with Crippen molar-refractivity contribution >= 4 is 17.6 Å². The number of nitrogens with zero attached hydrogens (tertiary/aromatic N) is 2. The third-order valence-electron chi connectivity index (χ3n) is 4.82. The van der Waals surface area contributed by atoms with Crippen molar-refractivity contribution in [2.24, 2.45) is 0 Å². The molecular formula is C22H23N5O2. The largest absolute Gasteiger partial charge is 0.382 e. The first-order valence-corrected chi connectivity index (χ1v) is 9.19. The zero-order valence-corrected chi connectivity index (χ0v) is 16.6. The van der Waals surface area contributed by atoms with Gasteiger partial charge in [0.2, 0.25) is 0 Å². The highest BCUT2D eigenvalue weighted by molar-refractivity contribution is 5.97. The molecule has 0 saturated heterocycles. The van der Waals surface area contributed by atoms with Crippen LogP contribution in [0.15, 0.2) is 48.7 Å². The maximum Gasteiger partial charge on any atom is 0.273 e. The Morgan fingerprint density at radius 3 is 2.59 bits per heavy atom. The van der Waals surface area contributed by atoms with Gasteiger partial charge < -0.3 is 16.4 Å². The Morgan fingerprint density at radius 1 is 1.07 bits per heavy atom. The first kappa shape index (κ1) is 20.0. The Labute approximate surface area is 169 Å². The highest BCUT2D eigenvalue weighted by Gasteiger charge is 2.14. The van der Waals surface area contributed by atoms with E-state index in [1.807, 2.05) is 32.0 Å². The van der Waals surface area contributed by atoms with Crippen molar-refractivity contribution in [2.45, 2.75) is 20.4 Å². The van der Waals surface area contributed by atoms with Crippen molar-refractivity contribution in [3.63, 3.8) is 0 Å². The molecule has 7 heteroatoms. The number of carbonyl (C=O) groups excluding carboxylic acids is 2. The van der Waals surface area contributed by atoms with Gasteiger partial charge in [0.1, 0.15) is 0 Å². The summed E-state index contributed by atoms with van der Waals surface area (Å²) < 4.78 is 0. The van der Waals surface area contributed by atoms with Crippen LogP contribution < -0.4 is 16.4 Å². The summed E-state index contributed by atoms with van der Waals surface area (Å²) in [5, 5.41) is 5.44. The normalized spacial score (nSPS) is 10.4. The summed E-state index contributed by atoms with van der Waals surface area (Å²) in [7, 11) is 1.50. The van der Waals surface area contributed by atoms with E-state index in [1.54, 1.807) is 24.3 Å². The zero-order valence-electron chi connectivity index (χ0n) is 16.6. The predicted molar refractivity (Wildman–Crippen MR) is 112 cm³/mol. The molecule has 1 aromatic heterocycles. The van der Waals surface area contributed by atoms with Crippen LogP contribution in [0.3, 0.4) is 0 Å². The van der Waals surface area contributed by atoms with Crippen LogP contribution in [0.2, 0.25) is 0 Å². The summed E-state index contributed by atoms with van der Waals surface area (Å²) >= 11 is 0. The Balaban J connectivity index is 1.81. The molecule has 2 amide bonds. The maximum absolute atomic E-state index is 12.6. The van der Waals surface area contributed by atoms with Crippen molar-refractivity contribution in [3.8, 4) is 11.3 Å². The van der Waals surface area contributed by atoms with E-state index in [2.05, 4.69) is 20.6 Å². The van der Waals surface area contributed by atoms with E-state index < -0.39 is 5.91 Å². The molecule has 7 nitrogen and oxygen atoms in total. The van der Waals surface area contributed by atoms with Gasteiger partial charge in [0.05, 0.1) is 11.9 Å². The molecule has 0 aliphatic carbocycles. The van der Waals surface area contributed by atoms with Gasteiger partial charge in [-0.05, 0) is 42.7 Å². The van der Waals surface area contributed by atoms with E-state index in [0.29, 0.717) is 23.4 Å². The van der Waals surface area contributed by atoms with Gasteiger partial charge in [-0.25, -0.2) is 9.97 Å². The monoisotopic (exact) mass is 389 g/mol. The van der Waals surface area contributed by atoms with Gasteiger partial charge in [-0.15, -0.1) is 0 Å². The quantitative estimate of drug-likeness (QED) is 0.621. The number of carbonyl (C=O) groups is 2. The third-order valence-corrected chi connectivity index (χ3v) is 4.82. The minimum Gasteiger partial charge on any atom is -0.382 e. The van der Waals surface area contributed by atoms with Crippen LogP contribution in [-0.2, 0) is 6.54 Å². The average molecular weight is 389 g/mol. The number of hydrogen-bond donors (Lipinski definition) is 3. The average Bonchev–Trinajstić information content (AvgIpc) is 2.74. The topological polar surface area (TPSA) is 110 Å². The molecule has 0 aliphatic rings. The van der Waals surface area contributed by atoms with E-state index >= 15 is 0 Å². The van der Waals surface area contributed by atoms with Gasteiger partial charge in [-0.2, -0.15) is 0 Å². The highest BCUT2D eigenvalue weighted by atomic mass is 16.2. The van der Waals surface area contributed by atoms with Gasteiger partial charge in [-0.1, -0.05) is 30.3 Å². The number of rotatable bonds is 5. The number of anilines is 1. The second kappa shape index (κ2) is 8.52. The van der Waals surface area contributed by atoms with Gasteiger partial charge in [0.25, 0.3) is 11.8 Å². The number of aryl methyl sites for hydroxylation is 1. The SMILES string of the molecule is CNC(=O)c1nc(-c2cccc(C(=O)NCc3cccc(C)c3C)c2)cnc1N. The highest BCUT2D eigenvalue weighted by Crippen LogP contribution is 2.20.